The molecule has 0 bridgehead atoms. The first-order valence-electron chi connectivity index (χ1n) is 6.97. The van der Waals surface area contributed by atoms with Crippen LogP contribution in [0.25, 0.3) is 0 Å². The third-order valence-corrected chi connectivity index (χ3v) is 3.56. The van der Waals surface area contributed by atoms with Crippen molar-refractivity contribution in [1.29, 1.82) is 0 Å². The molecule has 0 radical (unpaired) electrons. The third kappa shape index (κ3) is 6.49. The van der Waals surface area contributed by atoms with Gasteiger partial charge in [-0.2, -0.15) is 0 Å². The van der Waals surface area contributed by atoms with E-state index in [0.29, 0.717) is 5.41 Å². The van der Waals surface area contributed by atoms with Crippen molar-refractivity contribution >= 4 is 0 Å². The van der Waals surface area contributed by atoms with Crippen molar-refractivity contribution in [2.75, 3.05) is 26.8 Å². The first kappa shape index (κ1) is 15.9. The Morgan fingerprint density at radius 2 is 1.75 bits per heavy atom. The number of hydrogen-bond acceptors (Lipinski definition) is 2. The van der Waals surface area contributed by atoms with Crippen molar-refractivity contribution in [1.82, 2.24) is 5.32 Å². The average molecular weight is 229 g/mol. The van der Waals surface area contributed by atoms with Gasteiger partial charge in [0.2, 0.25) is 0 Å². The summed E-state index contributed by atoms with van der Waals surface area (Å²) in [6.07, 6.45) is 7.78. The van der Waals surface area contributed by atoms with Gasteiger partial charge in [0.1, 0.15) is 0 Å². The van der Waals surface area contributed by atoms with Gasteiger partial charge in [-0.05, 0) is 45.1 Å². The highest BCUT2D eigenvalue weighted by Gasteiger charge is 2.25. The van der Waals surface area contributed by atoms with Crippen molar-refractivity contribution in [3.8, 4) is 0 Å². The molecule has 0 aliphatic carbocycles. The molecule has 98 valence electrons. The lowest BCUT2D eigenvalue weighted by Gasteiger charge is -2.33. The number of hydrogen-bond donors (Lipinski definition) is 1. The van der Waals surface area contributed by atoms with Gasteiger partial charge >= 0.3 is 0 Å². The van der Waals surface area contributed by atoms with Crippen LogP contribution in [0.4, 0.5) is 0 Å². The molecule has 0 aliphatic heterocycles. The van der Waals surface area contributed by atoms with E-state index in [1.807, 2.05) is 0 Å². The minimum absolute atomic E-state index is 0.502. The van der Waals surface area contributed by atoms with Crippen LogP contribution < -0.4 is 5.32 Å². The molecule has 0 aromatic heterocycles. The van der Waals surface area contributed by atoms with Crippen molar-refractivity contribution in [3.05, 3.63) is 0 Å². The summed E-state index contributed by atoms with van der Waals surface area (Å²) in [5, 5.41) is 3.37. The van der Waals surface area contributed by atoms with Crippen molar-refractivity contribution in [2.45, 2.75) is 59.3 Å². The summed E-state index contributed by atoms with van der Waals surface area (Å²) in [7, 11) is 2.07. The fourth-order valence-corrected chi connectivity index (χ4v) is 2.40. The minimum Gasteiger partial charge on any atom is -0.382 e. The quantitative estimate of drug-likeness (QED) is 0.546. The first-order valence-corrected chi connectivity index (χ1v) is 6.97. The zero-order valence-electron chi connectivity index (χ0n) is 11.8. The topological polar surface area (TPSA) is 21.3 Å². The maximum atomic E-state index is 5.44. The van der Waals surface area contributed by atoms with Crippen LogP contribution in [0.15, 0.2) is 0 Å². The summed E-state index contributed by atoms with van der Waals surface area (Å²) in [5.74, 6) is 0. The van der Waals surface area contributed by atoms with Gasteiger partial charge in [-0.1, -0.05) is 26.7 Å². The number of nitrogens with one attached hydrogen (secondary N) is 1. The molecule has 0 aliphatic rings. The van der Waals surface area contributed by atoms with Crippen LogP contribution in [0.5, 0.6) is 0 Å². The molecule has 0 spiro atoms. The first-order chi connectivity index (χ1) is 7.74. The highest BCUT2D eigenvalue weighted by molar-refractivity contribution is 4.79. The highest BCUT2D eigenvalue weighted by atomic mass is 16.5. The molecule has 2 heteroatoms. The number of unbranched alkanes of at least 4 members (excludes halogenated alkanes) is 1. The zero-order valence-corrected chi connectivity index (χ0v) is 11.8. The molecule has 0 amide bonds. The van der Waals surface area contributed by atoms with Crippen molar-refractivity contribution in [3.63, 3.8) is 0 Å². The maximum Gasteiger partial charge on any atom is 0.0466 e. The van der Waals surface area contributed by atoms with Gasteiger partial charge < -0.3 is 10.1 Å². The van der Waals surface area contributed by atoms with Crippen LogP contribution in [-0.4, -0.2) is 26.8 Å². The fourth-order valence-electron chi connectivity index (χ4n) is 2.40. The molecule has 2 nitrogen and oxygen atoms in total. The van der Waals surface area contributed by atoms with Crippen LogP contribution >= 0.6 is 0 Å². The molecule has 0 saturated heterocycles. The summed E-state index contributed by atoms with van der Waals surface area (Å²) in [6.45, 7) is 9.59. The number of ether oxygens (including phenoxy) is 1. The molecule has 0 aromatic rings. The van der Waals surface area contributed by atoms with Crippen LogP contribution in [0.2, 0.25) is 0 Å². The molecule has 0 rings (SSSR count). The van der Waals surface area contributed by atoms with E-state index < -0.39 is 0 Å². The summed E-state index contributed by atoms with van der Waals surface area (Å²) >= 11 is 0. The Bertz CT molecular complexity index is 150. The van der Waals surface area contributed by atoms with Crippen LogP contribution in [0, 0.1) is 5.41 Å². The standard InChI is InChI=1S/C14H31NO/c1-5-8-10-14(6-2,13-15-4)11-9-12-16-7-3/h15H,5-13H2,1-4H3. The summed E-state index contributed by atoms with van der Waals surface area (Å²) in [6, 6.07) is 0. The Kier molecular flexibility index (Phi) is 10.0. The van der Waals surface area contributed by atoms with Crippen LogP contribution in [-0.2, 0) is 4.74 Å². The molecule has 0 saturated carbocycles. The van der Waals surface area contributed by atoms with E-state index in [4.69, 9.17) is 4.74 Å². The molecular formula is C14H31NO. The summed E-state index contributed by atoms with van der Waals surface area (Å²) in [4.78, 5) is 0. The summed E-state index contributed by atoms with van der Waals surface area (Å²) < 4.78 is 5.44. The Hall–Kier alpha value is -0.0800. The predicted octanol–water partition coefficient (Wildman–Crippen LogP) is 3.61. The monoisotopic (exact) mass is 229 g/mol. The normalized spacial score (nSPS) is 15.0. The van der Waals surface area contributed by atoms with E-state index in [9.17, 15) is 0 Å². The van der Waals surface area contributed by atoms with Gasteiger partial charge in [0.05, 0.1) is 0 Å². The smallest absolute Gasteiger partial charge is 0.0466 e. The Morgan fingerprint density at radius 1 is 1.06 bits per heavy atom. The van der Waals surface area contributed by atoms with Crippen molar-refractivity contribution in [2.24, 2.45) is 5.41 Å². The predicted molar refractivity (Wildman–Crippen MR) is 71.9 cm³/mol. The van der Waals surface area contributed by atoms with E-state index in [-0.39, 0.29) is 0 Å². The lowest BCUT2D eigenvalue weighted by molar-refractivity contribution is 0.121. The molecule has 1 atom stereocenters. The van der Waals surface area contributed by atoms with E-state index in [1.165, 1.54) is 38.5 Å². The van der Waals surface area contributed by atoms with Crippen LogP contribution in [0.1, 0.15) is 59.3 Å². The van der Waals surface area contributed by atoms with Crippen molar-refractivity contribution < 1.29 is 4.74 Å². The molecule has 1 N–H and O–H groups in total. The van der Waals surface area contributed by atoms with Gasteiger partial charge in [-0.3, -0.25) is 0 Å². The maximum absolute atomic E-state index is 5.44. The number of rotatable bonds is 11. The van der Waals surface area contributed by atoms with E-state index in [1.54, 1.807) is 0 Å². The molecule has 0 heterocycles. The van der Waals surface area contributed by atoms with Crippen LogP contribution in [0.3, 0.4) is 0 Å². The Labute approximate surface area is 102 Å². The molecule has 16 heavy (non-hydrogen) atoms. The molecule has 0 fully saturated rings. The van der Waals surface area contributed by atoms with Gasteiger partial charge in [0.25, 0.3) is 0 Å². The molecule has 0 aromatic carbocycles. The second-order valence-electron chi connectivity index (χ2n) is 4.79. The van der Waals surface area contributed by atoms with E-state index in [0.717, 1.165) is 19.8 Å². The van der Waals surface area contributed by atoms with Gasteiger partial charge in [-0.15, -0.1) is 0 Å². The second kappa shape index (κ2) is 10.1. The lowest BCUT2D eigenvalue weighted by Crippen LogP contribution is -2.32. The highest BCUT2D eigenvalue weighted by Crippen LogP contribution is 2.33. The SMILES string of the molecule is CCCCC(CC)(CCCOCC)CNC. The van der Waals surface area contributed by atoms with Gasteiger partial charge in [0.15, 0.2) is 0 Å². The van der Waals surface area contributed by atoms with Gasteiger partial charge in [-0.25, -0.2) is 0 Å². The minimum atomic E-state index is 0.502. The average Bonchev–Trinajstić information content (AvgIpc) is 2.31. The molecule has 1 unspecified atom stereocenters. The summed E-state index contributed by atoms with van der Waals surface area (Å²) in [5.41, 5.74) is 0.502. The van der Waals surface area contributed by atoms with E-state index in [2.05, 4.69) is 33.1 Å². The Balaban J connectivity index is 4.04. The van der Waals surface area contributed by atoms with E-state index >= 15 is 0 Å². The Morgan fingerprint density at radius 3 is 2.25 bits per heavy atom. The second-order valence-corrected chi connectivity index (χ2v) is 4.79. The fraction of sp³-hybridized carbons (Fsp3) is 1.00. The lowest BCUT2D eigenvalue weighted by atomic mass is 9.76. The largest absolute Gasteiger partial charge is 0.382 e. The molecular weight excluding hydrogens is 198 g/mol. The zero-order chi connectivity index (χ0) is 12.3. The third-order valence-electron chi connectivity index (χ3n) is 3.56. The van der Waals surface area contributed by atoms with Gasteiger partial charge in [0, 0.05) is 19.8 Å².